The summed E-state index contributed by atoms with van der Waals surface area (Å²) >= 11 is 6.06. The van der Waals surface area contributed by atoms with E-state index in [-0.39, 0.29) is 28.3 Å². The zero-order chi connectivity index (χ0) is 21.4. The smallest absolute Gasteiger partial charge is 0.300 e. The summed E-state index contributed by atoms with van der Waals surface area (Å²) in [5.41, 5.74) is 0.232. The lowest BCUT2D eigenvalue weighted by Crippen LogP contribution is -2.29. The number of furan rings is 1. The van der Waals surface area contributed by atoms with E-state index in [1.54, 1.807) is 18.2 Å². The molecule has 1 unspecified atom stereocenters. The molecule has 30 heavy (non-hydrogen) atoms. The monoisotopic (exact) mass is 427 g/mol. The van der Waals surface area contributed by atoms with Gasteiger partial charge in [-0.2, -0.15) is 0 Å². The van der Waals surface area contributed by atoms with E-state index in [1.807, 2.05) is 0 Å². The van der Waals surface area contributed by atoms with Gasteiger partial charge in [-0.1, -0.05) is 11.6 Å². The Morgan fingerprint density at radius 3 is 2.53 bits per heavy atom. The molecule has 2 heterocycles. The van der Waals surface area contributed by atoms with Crippen molar-refractivity contribution < 1.29 is 28.2 Å². The van der Waals surface area contributed by atoms with Crippen LogP contribution in [0.4, 0.5) is 10.1 Å². The number of aliphatic hydroxyl groups excluding tert-OH is 1. The van der Waals surface area contributed by atoms with Crippen LogP contribution in [0.1, 0.15) is 17.4 Å². The van der Waals surface area contributed by atoms with Crippen LogP contribution < -0.4 is 9.64 Å². The van der Waals surface area contributed by atoms with Gasteiger partial charge in [0, 0.05) is 10.7 Å². The van der Waals surface area contributed by atoms with Crippen LogP contribution in [0.5, 0.6) is 5.75 Å². The van der Waals surface area contributed by atoms with Crippen molar-refractivity contribution in [2.75, 3.05) is 12.0 Å². The third kappa shape index (κ3) is 3.23. The molecule has 0 saturated carbocycles. The highest BCUT2D eigenvalue weighted by Gasteiger charge is 2.48. The lowest BCUT2D eigenvalue weighted by Gasteiger charge is -2.23. The van der Waals surface area contributed by atoms with Gasteiger partial charge < -0.3 is 14.3 Å². The second-order valence-electron chi connectivity index (χ2n) is 6.51. The number of carbonyl (C=O) groups excluding carboxylic acids is 2. The summed E-state index contributed by atoms with van der Waals surface area (Å²) in [4.78, 5) is 27.0. The maximum atomic E-state index is 13.4. The van der Waals surface area contributed by atoms with Crippen LogP contribution in [0.2, 0.25) is 5.02 Å². The van der Waals surface area contributed by atoms with Crippen LogP contribution in [0.3, 0.4) is 0 Å². The van der Waals surface area contributed by atoms with Gasteiger partial charge in [-0.25, -0.2) is 4.39 Å². The zero-order valence-electron chi connectivity index (χ0n) is 15.6. The van der Waals surface area contributed by atoms with E-state index in [4.69, 9.17) is 20.8 Å². The average molecular weight is 428 g/mol. The summed E-state index contributed by atoms with van der Waals surface area (Å²) in [5, 5.41) is 11.4. The number of amides is 1. The maximum absolute atomic E-state index is 13.4. The fourth-order valence-electron chi connectivity index (χ4n) is 3.43. The third-order valence-corrected chi connectivity index (χ3v) is 5.01. The minimum absolute atomic E-state index is 0.152. The molecule has 1 N–H and O–H groups in total. The highest BCUT2D eigenvalue weighted by atomic mass is 35.5. The molecule has 0 aliphatic carbocycles. The second kappa shape index (κ2) is 7.68. The van der Waals surface area contributed by atoms with Gasteiger partial charge >= 0.3 is 0 Å². The third-order valence-electron chi connectivity index (χ3n) is 4.78. The molecule has 1 fully saturated rings. The second-order valence-corrected chi connectivity index (χ2v) is 6.94. The highest BCUT2D eigenvalue weighted by Crippen LogP contribution is 2.43. The fourth-order valence-corrected chi connectivity index (χ4v) is 3.60. The Labute approximate surface area is 175 Å². The van der Waals surface area contributed by atoms with Crippen molar-refractivity contribution in [1.82, 2.24) is 0 Å². The van der Waals surface area contributed by atoms with Gasteiger partial charge in [0.15, 0.2) is 0 Å². The number of benzene rings is 2. The molecule has 1 aliphatic rings. The number of anilines is 1. The van der Waals surface area contributed by atoms with Crippen LogP contribution in [0.15, 0.2) is 70.9 Å². The molecule has 0 bridgehead atoms. The first kappa shape index (κ1) is 19.7. The van der Waals surface area contributed by atoms with Crippen molar-refractivity contribution in [1.29, 1.82) is 0 Å². The molecule has 3 aromatic rings. The quantitative estimate of drug-likeness (QED) is 0.370. The van der Waals surface area contributed by atoms with E-state index >= 15 is 0 Å². The Kier molecular flexibility index (Phi) is 5.05. The van der Waals surface area contributed by atoms with Gasteiger partial charge in [-0.05, 0) is 54.6 Å². The Hall–Kier alpha value is -3.58. The molecule has 152 valence electrons. The van der Waals surface area contributed by atoms with Gasteiger partial charge in [0.2, 0.25) is 0 Å². The molecule has 6 nitrogen and oxygen atoms in total. The minimum atomic E-state index is -1.06. The van der Waals surface area contributed by atoms with Crippen LogP contribution in [-0.2, 0) is 9.59 Å². The Balaban J connectivity index is 1.95. The van der Waals surface area contributed by atoms with Crippen molar-refractivity contribution >= 4 is 34.7 Å². The number of aliphatic hydroxyl groups is 1. The molecule has 1 atom stereocenters. The zero-order valence-corrected chi connectivity index (χ0v) is 16.4. The summed E-state index contributed by atoms with van der Waals surface area (Å²) < 4.78 is 24.1. The predicted molar refractivity (Wildman–Crippen MR) is 108 cm³/mol. The molecule has 0 radical (unpaired) electrons. The van der Waals surface area contributed by atoms with Gasteiger partial charge in [0.25, 0.3) is 11.7 Å². The summed E-state index contributed by atoms with van der Waals surface area (Å²) in [6, 6.07) is 11.7. The highest BCUT2D eigenvalue weighted by molar-refractivity contribution is 6.51. The van der Waals surface area contributed by atoms with Gasteiger partial charge in [0.05, 0.1) is 24.5 Å². The first-order valence-electron chi connectivity index (χ1n) is 8.86. The SMILES string of the molecule is COc1ccc(Cl)cc1/C(O)=C1/C(=O)C(=O)N(c2ccc(F)cc2)C1c1ccco1. The molecule has 1 aliphatic heterocycles. The topological polar surface area (TPSA) is 80.0 Å². The molecule has 0 spiro atoms. The standard InChI is InChI=1S/C22H15ClFNO5/c1-29-16-9-4-12(23)11-15(16)20(26)18-19(17-3-2-10-30-17)25(22(28)21(18)27)14-7-5-13(24)6-8-14/h2-11,19,26H,1H3/b20-18-. The summed E-state index contributed by atoms with van der Waals surface area (Å²) in [6.07, 6.45) is 1.39. The maximum Gasteiger partial charge on any atom is 0.300 e. The van der Waals surface area contributed by atoms with Crippen LogP contribution >= 0.6 is 11.6 Å². The molecular weight excluding hydrogens is 413 g/mol. The summed E-state index contributed by atoms with van der Waals surface area (Å²) in [5.74, 6) is -2.23. The number of hydrogen-bond donors (Lipinski definition) is 1. The predicted octanol–water partition coefficient (Wildman–Crippen LogP) is 4.71. The number of methoxy groups -OCH3 is 1. The number of carbonyl (C=O) groups is 2. The lowest BCUT2D eigenvalue weighted by molar-refractivity contribution is -0.132. The number of nitrogens with zero attached hydrogens (tertiary/aromatic N) is 1. The van der Waals surface area contributed by atoms with E-state index < -0.39 is 29.3 Å². The Morgan fingerprint density at radius 2 is 1.90 bits per heavy atom. The molecule has 2 aromatic carbocycles. The van der Waals surface area contributed by atoms with Crippen molar-refractivity contribution in [3.8, 4) is 5.75 Å². The number of ether oxygens (including phenoxy) is 1. The largest absolute Gasteiger partial charge is 0.507 e. The fraction of sp³-hybridized carbons (Fsp3) is 0.0909. The lowest BCUT2D eigenvalue weighted by atomic mass is 9.98. The molecule has 1 saturated heterocycles. The first-order valence-corrected chi connectivity index (χ1v) is 9.24. The van der Waals surface area contributed by atoms with E-state index in [9.17, 15) is 19.1 Å². The van der Waals surface area contributed by atoms with Crippen LogP contribution in [0, 0.1) is 5.82 Å². The van der Waals surface area contributed by atoms with E-state index in [1.165, 1.54) is 49.8 Å². The Morgan fingerprint density at radius 1 is 1.17 bits per heavy atom. The summed E-state index contributed by atoms with van der Waals surface area (Å²) in [7, 11) is 1.40. The van der Waals surface area contributed by atoms with Crippen LogP contribution in [0.25, 0.3) is 5.76 Å². The van der Waals surface area contributed by atoms with E-state index in [0.717, 1.165) is 4.90 Å². The minimum Gasteiger partial charge on any atom is -0.507 e. The first-order chi connectivity index (χ1) is 14.4. The van der Waals surface area contributed by atoms with E-state index in [0.29, 0.717) is 5.02 Å². The van der Waals surface area contributed by atoms with Crippen molar-refractivity contribution in [2.24, 2.45) is 0 Å². The Bertz CT molecular complexity index is 1150. The number of ketones is 1. The molecule has 8 heteroatoms. The molecule has 1 amide bonds. The van der Waals surface area contributed by atoms with Crippen molar-refractivity contribution in [2.45, 2.75) is 6.04 Å². The number of Topliss-reactive ketones (excluding diaryl/α,β-unsaturated/α-hetero) is 1. The van der Waals surface area contributed by atoms with Gasteiger partial charge in [-0.3, -0.25) is 14.5 Å². The van der Waals surface area contributed by atoms with Gasteiger partial charge in [-0.15, -0.1) is 0 Å². The molecular formula is C22H15ClFNO5. The normalized spacial score (nSPS) is 18.1. The van der Waals surface area contributed by atoms with Crippen molar-refractivity contribution in [3.63, 3.8) is 0 Å². The number of hydrogen-bond acceptors (Lipinski definition) is 5. The average Bonchev–Trinajstić information content (AvgIpc) is 3.35. The number of rotatable bonds is 4. The van der Waals surface area contributed by atoms with Crippen molar-refractivity contribution in [3.05, 3.63) is 88.6 Å². The van der Waals surface area contributed by atoms with Crippen LogP contribution in [-0.4, -0.2) is 23.9 Å². The molecule has 1 aromatic heterocycles. The van der Waals surface area contributed by atoms with Gasteiger partial charge in [0.1, 0.15) is 29.1 Å². The summed E-state index contributed by atoms with van der Waals surface area (Å²) in [6.45, 7) is 0. The molecule has 4 rings (SSSR count). The number of halogens is 2. The van der Waals surface area contributed by atoms with E-state index in [2.05, 4.69) is 0 Å².